The van der Waals surface area contributed by atoms with Crippen LogP contribution in [-0.4, -0.2) is 39.4 Å². The number of nitro benzene ring substituents is 1. The van der Waals surface area contributed by atoms with Crippen molar-refractivity contribution in [1.29, 1.82) is 0 Å². The van der Waals surface area contributed by atoms with E-state index in [2.05, 4.69) is 0 Å². The van der Waals surface area contributed by atoms with E-state index in [0.29, 0.717) is 12.0 Å². The van der Waals surface area contributed by atoms with Gasteiger partial charge in [-0.2, -0.15) is 0 Å². The summed E-state index contributed by atoms with van der Waals surface area (Å²) in [5.41, 5.74) is 0.606. The van der Waals surface area contributed by atoms with Crippen molar-refractivity contribution in [3.63, 3.8) is 0 Å². The molecule has 1 amide bonds. The minimum absolute atomic E-state index is 0.0708. The number of amides is 1. The third-order valence-electron chi connectivity index (χ3n) is 3.46. The Morgan fingerprint density at radius 1 is 1.43 bits per heavy atom. The number of carbonyl (C=O) groups excluding carboxylic acids is 1. The number of nitro groups is 1. The van der Waals surface area contributed by atoms with E-state index in [0.717, 1.165) is 12.8 Å². The van der Waals surface area contributed by atoms with Gasteiger partial charge in [-0.05, 0) is 25.3 Å². The number of carboxylic acid groups (broad SMARTS) is 1. The second-order valence-electron chi connectivity index (χ2n) is 5.01. The molecule has 1 aliphatic carbocycles. The molecule has 2 rings (SSSR count). The number of hydrogen-bond acceptors (Lipinski definition) is 4. The number of rotatable bonds is 6. The van der Waals surface area contributed by atoms with Gasteiger partial charge in [-0.3, -0.25) is 19.7 Å². The van der Waals surface area contributed by atoms with Gasteiger partial charge in [0.05, 0.1) is 4.92 Å². The average molecular weight is 292 g/mol. The lowest BCUT2D eigenvalue weighted by molar-refractivity contribution is -0.385. The molecule has 1 aliphatic rings. The van der Waals surface area contributed by atoms with Gasteiger partial charge in [-0.15, -0.1) is 0 Å². The fourth-order valence-electron chi connectivity index (χ4n) is 2.23. The van der Waals surface area contributed by atoms with Gasteiger partial charge in [0.2, 0.25) is 0 Å². The van der Waals surface area contributed by atoms with Crippen molar-refractivity contribution in [3.8, 4) is 0 Å². The van der Waals surface area contributed by atoms with E-state index in [1.54, 1.807) is 13.0 Å². The van der Waals surface area contributed by atoms with Gasteiger partial charge in [0.25, 0.3) is 11.6 Å². The maximum absolute atomic E-state index is 12.4. The molecule has 0 aromatic heterocycles. The highest BCUT2D eigenvalue weighted by Gasteiger charge is 2.34. The van der Waals surface area contributed by atoms with E-state index >= 15 is 0 Å². The smallest absolute Gasteiger partial charge is 0.323 e. The molecule has 0 heterocycles. The molecule has 21 heavy (non-hydrogen) atoms. The van der Waals surface area contributed by atoms with Gasteiger partial charge in [0, 0.05) is 23.2 Å². The topological polar surface area (TPSA) is 101 Å². The second kappa shape index (κ2) is 5.90. The molecule has 0 bridgehead atoms. The number of carbonyl (C=O) groups is 2. The number of aliphatic carboxylic acids is 1. The third-order valence-corrected chi connectivity index (χ3v) is 3.46. The zero-order chi connectivity index (χ0) is 15.6. The number of aryl methyl sites for hydroxylation is 1. The van der Waals surface area contributed by atoms with Crippen molar-refractivity contribution < 1.29 is 19.6 Å². The molecule has 7 heteroatoms. The molecule has 1 N–H and O–H groups in total. The molecule has 1 aromatic carbocycles. The van der Waals surface area contributed by atoms with E-state index in [1.165, 1.54) is 17.0 Å². The van der Waals surface area contributed by atoms with E-state index < -0.39 is 16.8 Å². The van der Waals surface area contributed by atoms with Gasteiger partial charge >= 0.3 is 5.97 Å². The third kappa shape index (κ3) is 3.36. The molecular formula is C14H16N2O5. The molecule has 0 atom stereocenters. The fraction of sp³-hybridized carbons (Fsp3) is 0.429. The number of benzene rings is 1. The predicted molar refractivity (Wildman–Crippen MR) is 74.2 cm³/mol. The summed E-state index contributed by atoms with van der Waals surface area (Å²) in [7, 11) is 0. The summed E-state index contributed by atoms with van der Waals surface area (Å²) in [6.45, 7) is 1.41. The highest BCUT2D eigenvalue weighted by atomic mass is 16.6. The summed E-state index contributed by atoms with van der Waals surface area (Å²) in [4.78, 5) is 35.0. The Labute approximate surface area is 121 Å². The molecule has 0 aliphatic heterocycles. The minimum atomic E-state index is -1.09. The molecule has 0 unspecified atom stereocenters. The van der Waals surface area contributed by atoms with E-state index in [-0.39, 0.29) is 23.8 Å². The number of carboxylic acids is 1. The highest BCUT2D eigenvalue weighted by molar-refractivity contribution is 5.97. The SMILES string of the molecule is CCc1ccc(C(=O)N(CC(=O)O)C2CC2)cc1[N+](=O)[O-]. The van der Waals surface area contributed by atoms with Crippen LogP contribution in [0.2, 0.25) is 0 Å². The Balaban J connectivity index is 2.31. The van der Waals surface area contributed by atoms with Crippen molar-refractivity contribution in [3.05, 3.63) is 39.4 Å². The quantitative estimate of drug-likeness (QED) is 0.637. The van der Waals surface area contributed by atoms with Crippen LogP contribution >= 0.6 is 0 Å². The summed E-state index contributed by atoms with van der Waals surface area (Å²) >= 11 is 0. The Morgan fingerprint density at radius 2 is 2.10 bits per heavy atom. The molecular weight excluding hydrogens is 276 g/mol. The molecule has 7 nitrogen and oxygen atoms in total. The first kappa shape index (κ1) is 15.0. The van der Waals surface area contributed by atoms with E-state index in [1.807, 2.05) is 0 Å². The zero-order valence-electron chi connectivity index (χ0n) is 11.6. The van der Waals surface area contributed by atoms with Crippen molar-refractivity contribution in [2.45, 2.75) is 32.2 Å². The molecule has 1 saturated carbocycles. The first-order valence-electron chi connectivity index (χ1n) is 6.74. The monoisotopic (exact) mass is 292 g/mol. The summed E-state index contributed by atoms with van der Waals surface area (Å²) in [5, 5.41) is 19.9. The second-order valence-corrected chi connectivity index (χ2v) is 5.01. The summed E-state index contributed by atoms with van der Waals surface area (Å²) < 4.78 is 0. The lowest BCUT2D eigenvalue weighted by Crippen LogP contribution is -2.37. The first-order chi connectivity index (χ1) is 9.93. The van der Waals surface area contributed by atoms with Crippen LogP contribution in [-0.2, 0) is 11.2 Å². The molecule has 0 radical (unpaired) electrons. The lowest BCUT2D eigenvalue weighted by atomic mass is 10.1. The van der Waals surface area contributed by atoms with Crippen LogP contribution in [0.25, 0.3) is 0 Å². The van der Waals surface area contributed by atoms with E-state index in [4.69, 9.17) is 5.11 Å². The summed E-state index contributed by atoms with van der Waals surface area (Å²) in [6, 6.07) is 4.24. The molecule has 0 saturated heterocycles. The summed E-state index contributed by atoms with van der Waals surface area (Å²) in [6.07, 6.45) is 2.04. The number of hydrogen-bond donors (Lipinski definition) is 1. The van der Waals surface area contributed by atoms with Crippen LogP contribution in [0.15, 0.2) is 18.2 Å². The van der Waals surface area contributed by atoms with E-state index in [9.17, 15) is 19.7 Å². The van der Waals surface area contributed by atoms with Crippen LogP contribution in [0.4, 0.5) is 5.69 Å². The van der Waals surface area contributed by atoms with Gasteiger partial charge in [-0.25, -0.2) is 0 Å². The van der Waals surface area contributed by atoms with Gasteiger partial charge in [0.1, 0.15) is 6.54 Å². The van der Waals surface area contributed by atoms with Crippen LogP contribution < -0.4 is 0 Å². The Hall–Kier alpha value is -2.44. The zero-order valence-corrected chi connectivity index (χ0v) is 11.6. The van der Waals surface area contributed by atoms with Crippen molar-refractivity contribution in [2.75, 3.05) is 6.54 Å². The maximum Gasteiger partial charge on any atom is 0.323 e. The van der Waals surface area contributed by atoms with Crippen LogP contribution in [0.3, 0.4) is 0 Å². The Morgan fingerprint density at radius 3 is 2.57 bits per heavy atom. The largest absolute Gasteiger partial charge is 0.480 e. The predicted octanol–water partition coefficient (Wildman–Crippen LogP) is 1.85. The van der Waals surface area contributed by atoms with Crippen LogP contribution in [0.5, 0.6) is 0 Å². The minimum Gasteiger partial charge on any atom is -0.480 e. The molecule has 1 fully saturated rings. The fourth-order valence-corrected chi connectivity index (χ4v) is 2.23. The maximum atomic E-state index is 12.4. The van der Waals surface area contributed by atoms with Crippen LogP contribution in [0, 0.1) is 10.1 Å². The number of nitrogens with zero attached hydrogens (tertiary/aromatic N) is 2. The summed E-state index contributed by atoms with van der Waals surface area (Å²) in [5.74, 6) is -1.56. The van der Waals surface area contributed by atoms with Crippen molar-refractivity contribution >= 4 is 17.6 Å². The lowest BCUT2D eigenvalue weighted by Gasteiger charge is -2.20. The van der Waals surface area contributed by atoms with Gasteiger partial charge < -0.3 is 10.0 Å². The molecule has 112 valence electrons. The first-order valence-corrected chi connectivity index (χ1v) is 6.74. The van der Waals surface area contributed by atoms with Gasteiger partial charge in [-0.1, -0.05) is 13.0 Å². The molecule has 1 aromatic rings. The Kier molecular flexibility index (Phi) is 4.21. The highest BCUT2D eigenvalue weighted by Crippen LogP contribution is 2.29. The standard InChI is InChI=1S/C14H16N2O5/c1-2-9-3-4-10(7-12(9)16(20)21)14(19)15(8-13(17)18)11-5-6-11/h3-4,7,11H,2,5-6,8H2,1H3,(H,17,18). The normalized spacial score (nSPS) is 13.8. The average Bonchev–Trinajstić information content (AvgIpc) is 3.27. The van der Waals surface area contributed by atoms with Crippen molar-refractivity contribution in [2.24, 2.45) is 0 Å². The molecule has 0 spiro atoms. The van der Waals surface area contributed by atoms with Gasteiger partial charge in [0.15, 0.2) is 0 Å². The van der Waals surface area contributed by atoms with Crippen LogP contribution in [0.1, 0.15) is 35.7 Å². The van der Waals surface area contributed by atoms with Crippen molar-refractivity contribution in [1.82, 2.24) is 4.90 Å². The Bertz CT molecular complexity index is 595.